The Balaban J connectivity index is 2.07. The van der Waals surface area contributed by atoms with E-state index in [1.807, 2.05) is 30.3 Å². The highest BCUT2D eigenvalue weighted by Gasteiger charge is 2.08. The van der Waals surface area contributed by atoms with E-state index >= 15 is 0 Å². The predicted octanol–water partition coefficient (Wildman–Crippen LogP) is 4.23. The van der Waals surface area contributed by atoms with E-state index in [-0.39, 0.29) is 0 Å². The topological polar surface area (TPSA) is 60.5 Å². The van der Waals surface area contributed by atoms with Crippen LogP contribution in [0.1, 0.15) is 16.1 Å². The van der Waals surface area contributed by atoms with Gasteiger partial charge in [0.25, 0.3) is 0 Å². The maximum atomic E-state index is 9.38. The molecule has 0 fully saturated rings. The Labute approximate surface area is 126 Å². The van der Waals surface area contributed by atoms with Gasteiger partial charge in [-0.25, -0.2) is 4.98 Å². The van der Waals surface area contributed by atoms with Gasteiger partial charge in [-0.2, -0.15) is 10.5 Å². The van der Waals surface area contributed by atoms with Crippen LogP contribution >= 0.6 is 11.3 Å². The van der Waals surface area contributed by atoms with Crippen LogP contribution in [0.15, 0.2) is 48.5 Å². The quantitative estimate of drug-likeness (QED) is 0.662. The maximum Gasteiger partial charge on any atom is 0.135 e. The van der Waals surface area contributed by atoms with Gasteiger partial charge in [-0.15, -0.1) is 11.3 Å². The van der Waals surface area contributed by atoms with Crippen molar-refractivity contribution in [1.29, 1.82) is 10.5 Å². The molecular weight excluding hydrogens is 278 g/mol. The van der Waals surface area contributed by atoms with E-state index in [1.165, 1.54) is 11.3 Å². The zero-order valence-corrected chi connectivity index (χ0v) is 11.8. The molecule has 1 aromatic heterocycles. The van der Waals surface area contributed by atoms with Gasteiger partial charge in [0, 0.05) is 0 Å². The lowest BCUT2D eigenvalue weighted by Crippen LogP contribution is -1.81. The third-order valence-corrected chi connectivity index (χ3v) is 4.04. The van der Waals surface area contributed by atoms with Crippen LogP contribution in [0.5, 0.6) is 0 Å². The molecule has 0 amide bonds. The highest BCUT2D eigenvalue weighted by atomic mass is 32.1. The van der Waals surface area contributed by atoms with E-state index in [0.29, 0.717) is 16.1 Å². The number of rotatable bonds is 2. The first kappa shape index (κ1) is 13.1. The molecule has 2 aromatic carbocycles. The third kappa shape index (κ3) is 2.67. The number of para-hydroxylation sites is 1. The molecule has 0 spiro atoms. The average Bonchev–Trinajstić information content (AvgIpc) is 2.96. The summed E-state index contributed by atoms with van der Waals surface area (Å²) >= 11 is 1.49. The fraction of sp³-hybridized carbons (Fsp3) is 0. The van der Waals surface area contributed by atoms with E-state index in [0.717, 1.165) is 15.8 Å². The Hall–Kier alpha value is -2.95. The Morgan fingerprint density at radius 3 is 2.71 bits per heavy atom. The number of nitriles is 2. The number of nitrogens with zero attached hydrogens (tertiary/aromatic N) is 3. The third-order valence-electron chi connectivity index (χ3n) is 2.97. The Bertz CT molecular complexity index is 890. The van der Waals surface area contributed by atoms with E-state index in [2.05, 4.69) is 17.1 Å². The van der Waals surface area contributed by atoms with Crippen molar-refractivity contribution in [3.8, 4) is 12.1 Å². The molecule has 0 radical (unpaired) electrons. The number of allylic oxidation sites excluding steroid dienone is 1. The molecule has 3 nitrogen and oxygen atoms in total. The molecule has 0 aliphatic carbocycles. The molecule has 0 aliphatic heterocycles. The summed E-state index contributed by atoms with van der Waals surface area (Å²) in [6.45, 7) is 0. The van der Waals surface area contributed by atoms with Crippen LogP contribution < -0.4 is 0 Å². The highest BCUT2D eigenvalue weighted by molar-refractivity contribution is 7.19. The molecule has 0 aliphatic rings. The summed E-state index contributed by atoms with van der Waals surface area (Å²) in [5.74, 6) is 0. The van der Waals surface area contributed by atoms with Crippen LogP contribution in [-0.4, -0.2) is 4.98 Å². The molecule has 0 bridgehead atoms. The Morgan fingerprint density at radius 2 is 1.95 bits per heavy atom. The summed E-state index contributed by atoms with van der Waals surface area (Å²) in [6.07, 6.45) is 1.76. The van der Waals surface area contributed by atoms with Gasteiger partial charge in [0.05, 0.1) is 27.4 Å². The van der Waals surface area contributed by atoms with Gasteiger partial charge in [-0.1, -0.05) is 24.3 Å². The largest absolute Gasteiger partial charge is 0.235 e. The lowest BCUT2D eigenvalue weighted by molar-refractivity contribution is 1.43. The van der Waals surface area contributed by atoms with E-state index < -0.39 is 0 Å². The van der Waals surface area contributed by atoms with E-state index in [1.54, 1.807) is 24.3 Å². The van der Waals surface area contributed by atoms with Crippen molar-refractivity contribution in [2.45, 2.75) is 0 Å². The van der Waals surface area contributed by atoms with Gasteiger partial charge in [-0.05, 0) is 35.9 Å². The number of hydrogen-bond acceptors (Lipinski definition) is 4. The van der Waals surface area contributed by atoms with Crippen molar-refractivity contribution in [3.63, 3.8) is 0 Å². The van der Waals surface area contributed by atoms with E-state index in [4.69, 9.17) is 5.26 Å². The van der Waals surface area contributed by atoms with Crippen molar-refractivity contribution >= 4 is 33.2 Å². The molecule has 0 unspecified atom stereocenters. The molecule has 0 saturated heterocycles. The molecule has 98 valence electrons. The van der Waals surface area contributed by atoms with Crippen molar-refractivity contribution in [2.75, 3.05) is 0 Å². The first-order valence-electron chi connectivity index (χ1n) is 6.28. The molecule has 21 heavy (non-hydrogen) atoms. The highest BCUT2D eigenvalue weighted by Crippen LogP contribution is 2.27. The van der Waals surface area contributed by atoms with Crippen LogP contribution in [0.3, 0.4) is 0 Å². The van der Waals surface area contributed by atoms with Crippen molar-refractivity contribution in [3.05, 3.63) is 64.7 Å². The second kappa shape index (κ2) is 5.58. The number of benzene rings is 2. The van der Waals surface area contributed by atoms with Crippen molar-refractivity contribution < 1.29 is 0 Å². The second-order valence-electron chi connectivity index (χ2n) is 4.39. The van der Waals surface area contributed by atoms with Gasteiger partial charge >= 0.3 is 0 Å². The number of fused-ring (bicyclic) bond motifs is 1. The first-order chi connectivity index (χ1) is 10.3. The minimum absolute atomic E-state index is 0.506. The molecule has 3 rings (SSSR count). The predicted molar refractivity (Wildman–Crippen MR) is 84.3 cm³/mol. The van der Waals surface area contributed by atoms with Crippen LogP contribution in [0.25, 0.3) is 21.9 Å². The Kier molecular flexibility index (Phi) is 3.47. The van der Waals surface area contributed by atoms with Gasteiger partial charge in [0.2, 0.25) is 0 Å². The number of thiazole rings is 1. The van der Waals surface area contributed by atoms with Crippen LogP contribution in [0.4, 0.5) is 0 Å². The summed E-state index contributed by atoms with van der Waals surface area (Å²) in [5.41, 5.74) is 2.80. The lowest BCUT2D eigenvalue weighted by atomic mass is 10.1. The molecule has 1 heterocycles. The zero-order valence-electron chi connectivity index (χ0n) is 10.9. The van der Waals surface area contributed by atoms with E-state index in [9.17, 15) is 5.26 Å². The summed E-state index contributed by atoms with van der Waals surface area (Å²) in [7, 11) is 0. The summed E-state index contributed by atoms with van der Waals surface area (Å²) in [4.78, 5) is 4.49. The average molecular weight is 287 g/mol. The fourth-order valence-corrected chi connectivity index (χ4v) is 2.93. The fourth-order valence-electron chi connectivity index (χ4n) is 1.99. The molecule has 0 N–H and O–H groups in total. The van der Waals surface area contributed by atoms with Crippen molar-refractivity contribution in [2.24, 2.45) is 0 Å². The summed E-state index contributed by atoms with van der Waals surface area (Å²) < 4.78 is 1.06. The second-order valence-corrected chi connectivity index (χ2v) is 5.42. The monoisotopic (exact) mass is 287 g/mol. The van der Waals surface area contributed by atoms with Gasteiger partial charge in [0.1, 0.15) is 11.1 Å². The lowest BCUT2D eigenvalue weighted by Gasteiger charge is -1.96. The summed E-state index contributed by atoms with van der Waals surface area (Å²) in [6, 6.07) is 19.3. The van der Waals surface area contributed by atoms with Gasteiger partial charge < -0.3 is 0 Å². The molecule has 3 aromatic rings. The summed E-state index contributed by atoms with van der Waals surface area (Å²) in [5, 5.41) is 19.0. The van der Waals surface area contributed by atoms with Gasteiger partial charge in [0.15, 0.2) is 0 Å². The smallest absolute Gasteiger partial charge is 0.135 e. The number of hydrogen-bond donors (Lipinski definition) is 0. The molecule has 0 saturated carbocycles. The number of aromatic nitrogens is 1. The molecular formula is C17H9N3S. The Morgan fingerprint density at radius 1 is 1.10 bits per heavy atom. The minimum Gasteiger partial charge on any atom is -0.235 e. The van der Waals surface area contributed by atoms with Crippen LogP contribution in [0.2, 0.25) is 0 Å². The standard InChI is InChI=1S/C17H9N3S/c18-10-13-5-3-4-12(8-13)9-14(11-19)17-20-15-6-1-2-7-16(15)21-17/h1-9H/b14-9+. The van der Waals surface area contributed by atoms with Crippen LogP contribution in [-0.2, 0) is 0 Å². The zero-order chi connectivity index (χ0) is 14.7. The maximum absolute atomic E-state index is 9.38. The van der Waals surface area contributed by atoms with Crippen molar-refractivity contribution in [1.82, 2.24) is 4.98 Å². The van der Waals surface area contributed by atoms with Crippen LogP contribution in [0, 0.1) is 22.7 Å². The SMILES string of the molecule is N#C/C(=C\c1cccc(C#N)c1)c1nc2ccccc2s1. The normalized spacial score (nSPS) is 11.0. The minimum atomic E-state index is 0.506. The molecule has 4 heteroatoms. The molecule has 0 atom stereocenters. The van der Waals surface area contributed by atoms with Gasteiger partial charge in [-0.3, -0.25) is 0 Å². The first-order valence-corrected chi connectivity index (χ1v) is 7.10.